The fourth-order valence-electron chi connectivity index (χ4n) is 1.83. The van der Waals surface area contributed by atoms with Gasteiger partial charge in [0.25, 0.3) is 0 Å². The summed E-state index contributed by atoms with van der Waals surface area (Å²) in [5, 5.41) is 3.29. The summed E-state index contributed by atoms with van der Waals surface area (Å²) in [6.07, 6.45) is 1.99. The number of nitrogens with two attached hydrogens (primary N) is 1. The molecule has 3 N–H and O–H groups in total. The summed E-state index contributed by atoms with van der Waals surface area (Å²) >= 11 is 0. The van der Waals surface area contributed by atoms with Crippen LogP contribution < -0.4 is 15.8 Å². The van der Waals surface area contributed by atoms with Crippen molar-refractivity contribution in [3.63, 3.8) is 0 Å². The molecule has 0 fully saturated rings. The van der Waals surface area contributed by atoms with Gasteiger partial charge < -0.3 is 15.8 Å². The van der Waals surface area contributed by atoms with E-state index in [2.05, 4.69) is 5.32 Å². The first-order chi connectivity index (χ1) is 8.92. The van der Waals surface area contributed by atoms with Crippen molar-refractivity contribution in [3.8, 4) is 5.75 Å². The van der Waals surface area contributed by atoms with E-state index in [0.717, 1.165) is 24.9 Å². The van der Waals surface area contributed by atoms with Gasteiger partial charge in [-0.05, 0) is 57.9 Å². The van der Waals surface area contributed by atoms with Crippen molar-refractivity contribution >= 4 is 0 Å². The molecular weight excluding hydrogens is 243 g/mol. The smallest absolute Gasteiger partial charge is 0.165 e. The number of benzene rings is 1. The quantitative estimate of drug-likeness (QED) is 0.713. The molecule has 0 aliphatic heterocycles. The molecule has 19 heavy (non-hydrogen) atoms. The molecular formula is C15H25FN2O. The van der Waals surface area contributed by atoms with Gasteiger partial charge in [0.15, 0.2) is 11.6 Å². The lowest BCUT2D eigenvalue weighted by atomic mass is 10.0. The Bertz CT molecular complexity index is 388. The van der Waals surface area contributed by atoms with E-state index in [4.69, 9.17) is 10.5 Å². The fourth-order valence-corrected chi connectivity index (χ4v) is 1.83. The molecule has 0 spiro atoms. The summed E-state index contributed by atoms with van der Waals surface area (Å²) in [4.78, 5) is 0. The number of rotatable bonds is 8. The van der Waals surface area contributed by atoms with Crippen molar-refractivity contribution in [3.05, 3.63) is 29.6 Å². The van der Waals surface area contributed by atoms with Gasteiger partial charge in [0.05, 0.1) is 6.61 Å². The Kier molecular flexibility index (Phi) is 6.25. The van der Waals surface area contributed by atoms with Gasteiger partial charge >= 0.3 is 0 Å². The van der Waals surface area contributed by atoms with E-state index in [1.54, 1.807) is 6.07 Å². The molecule has 0 saturated carbocycles. The first kappa shape index (κ1) is 15.9. The summed E-state index contributed by atoms with van der Waals surface area (Å²) < 4.78 is 18.8. The SMILES string of the molecule is CCOc1ccc(CNCCCC(C)(C)N)cc1F. The van der Waals surface area contributed by atoms with E-state index in [0.29, 0.717) is 18.9 Å². The third-order valence-corrected chi connectivity index (χ3v) is 2.80. The van der Waals surface area contributed by atoms with E-state index in [-0.39, 0.29) is 11.4 Å². The number of halogens is 1. The third kappa shape index (κ3) is 6.55. The zero-order valence-electron chi connectivity index (χ0n) is 12.1. The van der Waals surface area contributed by atoms with Gasteiger partial charge in [-0.2, -0.15) is 0 Å². The van der Waals surface area contributed by atoms with Crippen LogP contribution in [0.3, 0.4) is 0 Å². The van der Waals surface area contributed by atoms with Crippen LogP contribution in [0.1, 0.15) is 39.2 Å². The van der Waals surface area contributed by atoms with Crippen LogP contribution in [0.2, 0.25) is 0 Å². The molecule has 0 amide bonds. The largest absolute Gasteiger partial charge is 0.491 e. The van der Waals surface area contributed by atoms with Crippen LogP contribution in [0.4, 0.5) is 4.39 Å². The second kappa shape index (κ2) is 7.46. The highest BCUT2D eigenvalue weighted by atomic mass is 19.1. The molecule has 0 atom stereocenters. The standard InChI is InChI=1S/C15H25FN2O/c1-4-19-14-7-6-12(10-13(14)16)11-18-9-5-8-15(2,3)17/h6-7,10,18H,4-5,8-9,11,17H2,1-3H3. The van der Waals surface area contributed by atoms with Crippen LogP contribution in [0, 0.1) is 5.82 Å². The normalized spacial score (nSPS) is 11.6. The molecule has 4 heteroatoms. The molecule has 1 rings (SSSR count). The molecule has 0 aromatic heterocycles. The Morgan fingerprint density at radius 3 is 2.68 bits per heavy atom. The first-order valence-corrected chi connectivity index (χ1v) is 6.83. The van der Waals surface area contributed by atoms with Crippen LogP contribution in [0.15, 0.2) is 18.2 Å². The van der Waals surface area contributed by atoms with E-state index in [9.17, 15) is 4.39 Å². The van der Waals surface area contributed by atoms with E-state index >= 15 is 0 Å². The first-order valence-electron chi connectivity index (χ1n) is 6.83. The molecule has 0 radical (unpaired) electrons. The summed E-state index contributed by atoms with van der Waals surface area (Å²) in [6, 6.07) is 5.08. The zero-order chi connectivity index (χ0) is 14.3. The monoisotopic (exact) mass is 268 g/mol. The Morgan fingerprint density at radius 1 is 1.37 bits per heavy atom. The minimum absolute atomic E-state index is 0.118. The minimum atomic E-state index is -0.302. The van der Waals surface area contributed by atoms with Crippen LogP contribution >= 0.6 is 0 Å². The Hall–Kier alpha value is -1.13. The van der Waals surface area contributed by atoms with Crippen LogP contribution in [0.5, 0.6) is 5.75 Å². The molecule has 108 valence electrons. The molecule has 0 bridgehead atoms. The molecule has 1 aromatic carbocycles. The van der Waals surface area contributed by atoms with E-state index < -0.39 is 0 Å². The number of nitrogens with one attached hydrogen (secondary N) is 1. The average molecular weight is 268 g/mol. The van der Waals surface area contributed by atoms with Gasteiger partial charge in [0.1, 0.15) is 0 Å². The molecule has 0 aliphatic rings. The lowest BCUT2D eigenvalue weighted by molar-refractivity contribution is 0.321. The highest BCUT2D eigenvalue weighted by Crippen LogP contribution is 2.18. The second-order valence-corrected chi connectivity index (χ2v) is 5.47. The van der Waals surface area contributed by atoms with Crippen molar-refractivity contribution < 1.29 is 9.13 Å². The van der Waals surface area contributed by atoms with Crippen molar-refractivity contribution in [2.24, 2.45) is 5.73 Å². The van der Waals surface area contributed by atoms with Gasteiger partial charge in [-0.1, -0.05) is 6.07 Å². The lowest BCUT2D eigenvalue weighted by Gasteiger charge is -2.18. The van der Waals surface area contributed by atoms with Gasteiger partial charge in [0, 0.05) is 12.1 Å². The average Bonchev–Trinajstić information content (AvgIpc) is 2.31. The maximum absolute atomic E-state index is 13.6. The molecule has 0 saturated heterocycles. The highest BCUT2D eigenvalue weighted by molar-refractivity contribution is 5.29. The lowest BCUT2D eigenvalue weighted by Crippen LogP contribution is -2.32. The Labute approximate surface area is 115 Å². The topological polar surface area (TPSA) is 47.3 Å². The maximum Gasteiger partial charge on any atom is 0.165 e. The second-order valence-electron chi connectivity index (χ2n) is 5.47. The molecule has 0 aliphatic carbocycles. The van der Waals surface area contributed by atoms with Gasteiger partial charge in [-0.15, -0.1) is 0 Å². The Morgan fingerprint density at radius 2 is 2.11 bits per heavy atom. The van der Waals surface area contributed by atoms with Crippen LogP contribution in [0.25, 0.3) is 0 Å². The summed E-state index contributed by atoms with van der Waals surface area (Å²) in [7, 11) is 0. The minimum Gasteiger partial charge on any atom is -0.491 e. The maximum atomic E-state index is 13.6. The Balaban J connectivity index is 2.32. The molecule has 0 unspecified atom stereocenters. The number of hydrogen-bond donors (Lipinski definition) is 2. The van der Waals surface area contributed by atoms with Crippen LogP contribution in [-0.4, -0.2) is 18.7 Å². The van der Waals surface area contributed by atoms with Gasteiger partial charge in [-0.3, -0.25) is 0 Å². The molecule has 1 aromatic rings. The van der Waals surface area contributed by atoms with Crippen LogP contribution in [-0.2, 0) is 6.54 Å². The summed E-state index contributed by atoms with van der Waals surface area (Å²) in [6.45, 7) is 7.91. The van der Waals surface area contributed by atoms with E-state index in [1.165, 1.54) is 6.07 Å². The van der Waals surface area contributed by atoms with Crippen molar-refractivity contribution in [2.45, 2.75) is 45.7 Å². The predicted octanol–water partition coefficient (Wildman–Crippen LogP) is 2.83. The van der Waals surface area contributed by atoms with Gasteiger partial charge in [0.2, 0.25) is 0 Å². The van der Waals surface area contributed by atoms with E-state index in [1.807, 2.05) is 26.8 Å². The highest BCUT2D eigenvalue weighted by Gasteiger charge is 2.09. The summed E-state index contributed by atoms with van der Waals surface area (Å²) in [5.41, 5.74) is 6.71. The fraction of sp³-hybridized carbons (Fsp3) is 0.600. The van der Waals surface area contributed by atoms with Crippen molar-refractivity contribution in [1.29, 1.82) is 0 Å². The molecule has 0 heterocycles. The third-order valence-electron chi connectivity index (χ3n) is 2.80. The van der Waals surface area contributed by atoms with Crippen molar-refractivity contribution in [1.82, 2.24) is 5.32 Å². The number of hydrogen-bond acceptors (Lipinski definition) is 3. The summed E-state index contributed by atoms with van der Waals surface area (Å²) in [5.74, 6) is 0.0142. The molecule has 3 nitrogen and oxygen atoms in total. The van der Waals surface area contributed by atoms with Crippen molar-refractivity contribution in [2.75, 3.05) is 13.2 Å². The number of ether oxygens (including phenoxy) is 1. The van der Waals surface area contributed by atoms with Gasteiger partial charge in [-0.25, -0.2) is 4.39 Å². The zero-order valence-corrected chi connectivity index (χ0v) is 12.1. The predicted molar refractivity (Wildman–Crippen MR) is 76.8 cm³/mol.